The summed E-state index contributed by atoms with van der Waals surface area (Å²) in [6.45, 7) is 0.606. The maximum absolute atomic E-state index is 12.3. The Labute approximate surface area is 161 Å². The van der Waals surface area contributed by atoms with Gasteiger partial charge in [-0.3, -0.25) is 4.79 Å². The van der Waals surface area contributed by atoms with Crippen molar-refractivity contribution in [1.29, 1.82) is 0 Å². The highest BCUT2D eigenvalue weighted by Gasteiger charge is 2.09. The fraction of sp³-hybridized carbons (Fsp3) is 0.200. The highest BCUT2D eigenvalue weighted by atomic mass is 79.9. The van der Waals surface area contributed by atoms with Gasteiger partial charge in [-0.1, -0.05) is 40.2 Å². The van der Waals surface area contributed by atoms with Crippen molar-refractivity contribution in [2.45, 2.75) is 13.0 Å². The van der Waals surface area contributed by atoms with Gasteiger partial charge in [0.2, 0.25) is 5.91 Å². The Kier molecular flexibility index (Phi) is 5.73. The van der Waals surface area contributed by atoms with Crippen LogP contribution in [0.3, 0.4) is 0 Å². The molecule has 3 rings (SSSR count). The summed E-state index contributed by atoms with van der Waals surface area (Å²) in [5.74, 6) is 0.640. The molecule has 134 valence electrons. The maximum Gasteiger partial charge on any atom is 0.229 e. The van der Waals surface area contributed by atoms with Gasteiger partial charge < -0.3 is 10.2 Å². The second-order valence-electron chi connectivity index (χ2n) is 6.29. The molecule has 3 aromatic rings. The number of halogens is 1. The summed E-state index contributed by atoms with van der Waals surface area (Å²) in [6.07, 6.45) is 2.03. The third kappa shape index (κ3) is 4.73. The Morgan fingerprint density at radius 3 is 2.35 bits per heavy atom. The topological polar surface area (TPSA) is 50.2 Å². The standard InChI is InChI=1S/C20H21BrN4O/c1-24(2)18-9-5-16(6-10-18)14-25-19(11-12-22-25)23-20(26)13-15-3-7-17(21)8-4-15/h3-12H,13-14H2,1-2H3,(H,23,26). The molecule has 2 aromatic carbocycles. The lowest BCUT2D eigenvalue weighted by molar-refractivity contribution is -0.115. The van der Waals surface area contributed by atoms with Crippen LogP contribution in [0.15, 0.2) is 65.3 Å². The number of anilines is 2. The van der Waals surface area contributed by atoms with Gasteiger partial charge >= 0.3 is 0 Å². The molecule has 5 nitrogen and oxygen atoms in total. The van der Waals surface area contributed by atoms with Crippen LogP contribution in [0.4, 0.5) is 11.5 Å². The summed E-state index contributed by atoms with van der Waals surface area (Å²) >= 11 is 3.40. The average molecular weight is 413 g/mol. The van der Waals surface area contributed by atoms with Gasteiger partial charge in [0.15, 0.2) is 0 Å². The van der Waals surface area contributed by atoms with Crippen molar-refractivity contribution in [3.05, 3.63) is 76.4 Å². The number of carbonyl (C=O) groups excluding carboxylic acids is 1. The number of amides is 1. The van der Waals surface area contributed by atoms with Crippen LogP contribution in [0.2, 0.25) is 0 Å². The predicted octanol–water partition coefficient (Wildman–Crippen LogP) is 3.94. The number of aromatic nitrogens is 2. The molecule has 1 amide bonds. The summed E-state index contributed by atoms with van der Waals surface area (Å²) < 4.78 is 2.80. The number of hydrogen-bond acceptors (Lipinski definition) is 3. The zero-order valence-electron chi connectivity index (χ0n) is 14.8. The van der Waals surface area contributed by atoms with Crippen LogP contribution in [0.5, 0.6) is 0 Å². The Morgan fingerprint density at radius 2 is 1.69 bits per heavy atom. The molecular formula is C20H21BrN4O. The molecule has 0 atom stereocenters. The van der Waals surface area contributed by atoms with Crippen LogP contribution in [0.1, 0.15) is 11.1 Å². The van der Waals surface area contributed by atoms with Crippen LogP contribution < -0.4 is 10.2 Å². The maximum atomic E-state index is 12.3. The fourth-order valence-corrected chi connectivity index (χ4v) is 2.88. The number of rotatable bonds is 6. The van der Waals surface area contributed by atoms with Gasteiger partial charge in [-0.15, -0.1) is 0 Å². The van der Waals surface area contributed by atoms with E-state index in [9.17, 15) is 4.79 Å². The fourth-order valence-electron chi connectivity index (χ4n) is 2.61. The average Bonchev–Trinajstić information content (AvgIpc) is 3.04. The molecule has 0 saturated heterocycles. The first kappa shape index (κ1) is 18.2. The van der Waals surface area contributed by atoms with Gasteiger partial charge in [0, 0.05) is 30.3 Å². The molecule has 0 saturated carbocycles. The predicted molar refractivity (Wildman–Crippen MR) is 109 cm³/mol. The van der Waals surface area contributed by atoms with Crippen LogP contribution >= 0.6 is 15.9 Å². The minimum Gasteiger partial charge on any atom is -0.378 e. The molecule has 0 aliphatic rings. The molecular weight excluding hydrogens is 392 g/mol. The van der Waals surface area contributed by atoms with E-state index in [4.69, 9.17) is 0 Å². The van der Waals surface area contributed by atoms with Crippen LogP contribution in [-0.4, -0.2) is 29.8 Å². The summed E-state index contributed by atoms with van der Waals surface area (Å²) in [4.78, 5) is 14.4. The minimum absolute atomic E-state index is 0.0583. The summed E-state index contributed by atoms with van der Waals surface area (Å²) in [6, 6.07) is 17.9. The molecule has 1 N–H and O–H groups in total. The van der Waals surface area contributed by atoms with E-state index in [1.165, 1.54) is 0 Å². The minimum atomic E-state index is -0.0583. The molecule has 0 radical (unpaired) electrons. The lowest BCUT2D eigenvalue weighted by Crippen LogP contribution is -2.18. The molecule has 0 bridgehead atoms. The second-order valence-corrected chi connectivity index (χ2v) is 7.20. The van der Waals surface area contributed by atoms with Crippen molar-refractivity contribution >= 4 is 33.3 Å². The van der Waals surface area contributed by atoms with Crippen molar-refractivity contribution in [3.63, 3.8) is 0 Å². The lowest BCUT2D eigenvalue weighted by atomic mass is 10.1. The first-order chi connectivity index (χ1) is 12.5. The molecule has 0 aliphatic heterocycles. The summed E-state index contributed by atoms with van der Waals surface area (Å²) in [5.41, 5.74) is 3.25. The third-order valence-corrected chi connectivity index (χ3v) is 4.58. The SMILES string of the molecule is CN(C)c1ccc(Cn2nccc2NC(=O)Cc2ccc(Br)cc2)cc1. The zero-order chi connectivity index (χ0) is 18.5. The number of nitrogens with zero attached hydrogens (tertiary/aromatic N) is 3. The first-order valence-electron chi connectivity index (χ1n) is 8.33. The number of carbonyl (C=O) groups is 1. The smallest absolute Gasteiger partial charge is 0.229 e. The summed E-state index contributed by atoms with van der Waals surface area (Å²) in [7, 11) is 4.03. The monoisotopic (exact) mass is 412 g/mol. The molecule has 6 heteroatoms. The lowest BCUT2D eigenvalue weighted by Gasteiger charge is -2.13. The van der Waals surface area contributed by atoms with Gasteiger partial charge in [-0.25, -0.2) is 4.68 Å². The Morgan fingerprint density at radius 1 is 1.04 bits per heavy atom. The Hall–Kier alpha value is -2.60. The van der Waals surface area contributed by atoms with E-state index in [-0.39, 0.29) is 5.91 Å². The molecule has 1 aromatic heterocycles. The van der Waals surface area contributed by atoms with E-state index in [1.807, 2.05) is 44.4 Å². The second kappa shape index (κ2) is 8.19. The van der Waals surface area contributed by atoms with E-state index in [2.05, 4.69) is 55.5 Å². The van der Waals surface area contributed by atoms with Crippen LogP contribution in [0, 0.1) is 0 Å². The van der Waals surface area contributed by atoms with Crippen molar-refractivity contribution in [3.8, 4) is 0 Å². The highest BCUT2D eigenvalue weighted by Crippen LogP contribution is 2.16. The largest absolute Gasteiger partial charge is 0.378 e. The number of benzene rings is 2. The van der Waals surface area contributed by atoms with E-state index in [0.29, 0.717) is 18.8 Å². The van der Waals surface area contributed by atoms with Crippen molar-refractivity contribution in [2.24, 2.45) is 0 Å². The van der Waals surface area contributed by atoms with Crippen molar-refractivity contribution in [2.75, 3.05) is 24.3 Å². The highest BCUT2D eigenvalue weighted by molar-refractivity contribution is 9.10. The Bertz CT molecular complexity index is 870. The van der Waals surface area contributed by atoms with Gasteiger partial charge in [-0.05, 0) is 35.4 Å². The first-order valence-corrected chi connectivity index (χ1v) is 9.13. The van der Waals surface area contributed by atoms with Crippen LogP contribution in [0.25, 0.3) is 0 Å². The quantitative estimate of drug-likeness (QED) is 0.666. The molecule has 1 heterocycles. The van der Waals surface area contributed by atoms with Crippen LogP contribution in [-0.2, 0) is 17.8 Å². The van der Waals surface area contributed by atoms with E-state index in [1.54, 1.807) is 10.9 Å². The number of hydrogen-bond donors (Lipinski definition) is 1. The zero-order valence-corrected chi connectivity index (χ0v) is 16.4. The van der Waals surface area contributed by atoms with Gasteiger partial charge in [0.05, 0.1) is 19.2 Å². The van der Waals surface area contributed by atoms with Crippen molar-refractivity contribution < 1.29 is 4.79 Å². The van der Waals surface area contributed by atoms with E-state index in [0.717, 1.165) is 21.3 Å². The Balaban J connectivity index is 1.64. The molecule has 0 unspecified atom stereocenters. The third-order valence-electron chi connectivity index (χ3n) is 4.05. The van der Waals surface area contributed by atoms with E-state index < -0.39 is 0 Å². The molecule has 0 fully saturated rings. The number of nitrogens with one attached hydrogen (secondary N) is 1. The molecule has 0 aliphatic carbocycles. The van der Waals surface area contributed by atoms with Crippen molar-refractivity contribution in [1.82, 2.24) is 9.78 Å². The summed E-state index contributed by atoms with van der Waals surface area (Å²) in [5, 5.41) is 7.27. The van der Waals surface area contributed by atoms with E-state index >= 15 is 0 Å². The van der Waals surface area contributed by atoms with Gasteiger partial charge in [-0.2, -0.15) is 5.10 Å². The normalized spacial score (nSPS) is 10.6. The molecule has 26 heavy (non-hydrogen) atoms. The molecule has 0 spiro atoms. The van der Waals surface area contributed by atoms with Gasteiger partial charge in [0.25, 0.3) is 0 Å². The van der Waals surface area contributed by atoms with Gasteiger partial charge in [0.1, 0.15) is 5.82 Å².